The number of hydrogen-bond acceptors (Lipinski definition) is 3. The third-order valence-corrected chi connectivity index (χ3v) is 5.94. The van der Waals surface area contributed by atoms with E-state index in [9.17, 15) is 9.13 Å². The van der Waals surface area contributed by atoms with Gasteiger partial charge in [0.1, 0.15) is 0 Å². The number of halogens is 1. The standard InChI is InChI=1S/C11H25NO7P2.ClH/c1-12(2)9-4-3-6-10(12)7-5-8-11(20(13,14)15)19-21(16,17)18;/h10-11H,3-9H2,1-2H3,(H3-,13,14,15,16,17,18);1H. The fraction of sp³-hybridized carbons (Fsp3) is 1.00. The summed E-state index contributed by atoms with van der Waals surface area (Å²) in [6.45, 7) is 1.07. The number of hydrogen-bond donors (Lipinski definition) is 4. The molecule has 22 heavy (non-hydrogen) atoms. The summed E-state index contributed by atoms with van der Waals surface area (Å²) in [7, 11) is -5.34. The predicted molar refractivity (Wildman–Crippen MR) is 77.4 cm³/mol. The Hall–Kier alpha value is 0.510. The van der Waals surface area contributed by atoms with Crippen LogP contribution < -0.4 is 12.4 Å². The molecule has 0 bridgehead atoms. The van der Waals surface area contributed by atoms with Crippen molar-refractivity contribution in [3.8, 4) is 0 Å². The van der Waals surface area contributed by atoms with E-state index in [0.717, 1.165) is 30.3 Å². The SMILES string of the molecule is C[N+]1(C)CCCCC1CCCC(OP(=O)(O)O)P(=O)(O)O.[Cl-]. The normalized spacial score (nSPS) is 23.6. The molecule has 2 atom stereocenters. The lowest BCUT2D eigenvalue weighted by Crippen LogP contribution is -3.00. The van der Waals surface area contributed by atoms with E-state index in [0.29, 0.717) is 12.5 Å². The number of quaternary nitrogens is 1. The van der Waals surface area contributed by atoms with Gasteiger partial charge in [0.05, 0.1) is 26.7 Å². The number of nitrogens with zero attached hydrogens (tertiary/aromatic N) is 1. The van der Waals surface area contributed by atoms with Crippen LogP contribution in [0.3, 0.4) is 0 Å². The predicted octanol–water partition coefficient (Wildman–Crippen LogP) is -1.60. The van der Waals surface area contributed by atoms with Gasteiger partial charge in [-0.2, -0.15) is 0 Å². The van der Waals surface area contributed by atoms with Crippen LogP contribution in [-0.4, -0.2) is 56.6 Å². The van der Waals surface area contributed by atoms with E-state index in [1.807, 2.05) is 0 Å². The second kappa shape index (κ2) is 8.56. The topological polar surface area (TPSA) is 124 Å². The van der Waals surface area contributed by atoms with Crippen molar-refractivity contribution in [3.05, 3.63) is 0 Å². The van der Waals surface area contributed by atoms with Crippen LogP contribution in [0.1, 0.15) is 38.5 Å². The molecule has 0 radical (unpaired) electrons. The lowest BCUT2D eigenvalue weighted by Gasteiger charge is -2.42. The van der Waals surface area contributed by atoms with Gasteiger partial charge >= 0.3 is 15.4 Å². The lowest BCUT2D eigenvalue weighted by atomic mass is 9.95. The van der Waals surface area contributed by atoms with Crippen LogP contribution in [-0.2, 0) is 13.7 Å². The first-order valence-electron chi connectivity index (χ1n) is 7.04. The molecule has 0 saturated carbocycles. The molecule has 2 unspecified atom stereocenters. The highest BCUT2D eigenvalue weighted by molar-refractivity contribution is 7.53. The molecule has 0 amide bonds. The van der Waals surface area contributed by atoms with Crippen molar-refractivity contribution in [2.75, 3.05) is 20.6 Å². The van der Waals surface area contributed by atoms with Crippen LogP contribution >= 0.6 is 15.4 Å². The van der Waals surface area contributed by atoms with Gasteiger partial charge in [0.2, 0.25) is 0 Å². The first-order valence-corrected chi connectivity index (χ1v) is 10.2. The minimum absolute atomic E-state index is 0. The maximum Gasteiger partial charge on any atom is 0.470 e. The number of piperidine rings is 1. The summed E-state index contributed by atoms with van der Waals surface area (Å²) in [5.74, 6) is -1.74. The van der Waals surface area contributed by atoms with Gasteiger partial charge in [-0.1, -0.05) is 0 Å². The first kappa shape index (κ1) is 22.5. The molecule has 0 aromatic heterocycles. The number of likely N-dealkylation sites (tertiary alicyclic amines) is 1. The minimum Gasteiger partial charge on any atom is -1.00 e. The summed E-state index contributed by atoms with van der Waals surface area (Å²) in [5.41, 5.74) is 0. The zero-order valence-corrected chi connectivity index (χ0v) is 15.4. The molecular weight excluding hydrogens is 356 g/mol. The largest absolute Gasteiger partial charge is 1.00 e. The van der Waals surface area contributed by atoms with Crippen LogP contribution in [0.25, 0.3) is 0 Å². The van der Waals surface area contributed by atoms with Crippen molar-refractivity contribution < 1.29 is 50.1 Å². The van der Waals surface area contributed by atoms with E-state index < -0.39 is 21.3 Å². The molecule has 0 aromatic carbocycles. The Kier molecular flexibility index (Phi) is 8.76. The molecule has 1 aliphatic heterocycles. The lowest BCUT2D eigenvalue weighted by molar-refractivity contribution is -0.920. The molecule has 1 heterocycles. The van der Waals surface area contributed by atoms with Gasteiger partial charge in [-0.3, -0.25) is 9.09 Å². The first-order chi connectivity index (χ1) is 9.42. The summed E-state index contributed by atoms with van der Waals surface area (Å²) in [6, 6.07) is 0.409. The van der Waals surface area contributed by atoms with Gasteiger partial charge in [0.25, 0.3) is 0 Å². The minimum atomic E-state index is -4.91. The third kappa shape index (κ3) is 7.86. The maximum absolute atomic E-state index is 11.2. The second-order valence-electron chi connectivity index (χ2n) is 6.22. The quantitative estimate of drug-likeness (QED) is 0.309. The molecule has 134 valence electrons. The average molecular weight is 382 g/mol. The number of phosphoric ester groups is 1. The van der Waals surface area contributed by atoms with E-state index in [1.54, 1.807) is 0 Å². The smallest absolute Gasteiger partial charge is 0.470 e. The van der Waals surface area contributed by atoms with Crippen molar-refractivity contribution in [2.24, 2.45) is 0 Å². The van der Waals surface area contributed by atoms with E-state index in [2.05, 4.69) is 18.6 Å². The van der Waals surface area contributed by atoms with E-state index in [4.69, 9.17) is 19.6 Å². The van der Waals surface area contributed by atoms with Crippen LogP contribution in [0.5, 0.6) is 0 Å². The Morgan fingerprint density at radius 1 is 1.18 bits per heavy atom. The van der Waals surface area contributed by atoms with E-state index in [-0.39, 0.29) is 18.8 Å². The highest BCUT2D eigenvalue weighted by atomic mass is 35.5. The molecule has 11 heteroatoms. The molecular formula is C11H26ClNO7P2. The Morgan fingerprint density at radius 3 is 2.23 bits per heavy atom. The van der Waals surface area contributed by atoms with Crippen molar-refractivity contribution in [1.82, 2.24) is 0 Å². The van der Waals surface area contributed by atoms with Crippen LogP contribution in [0.2, 0.25) is 0 Å². The third-order valence-electron chi connectivity index (χ3n) is 4.13. The Bertz CT molecular complexity index is 436. The summed E-state index contributed by atoms with van der Waals surface area (Å²) < 4.78 is 27.1. The van der Waals surface area contributed by atoms with Gasteiger partial charge in [-0.05, 0) is 38.5 Å². The van der Waals surface area contributed by atoms with Gasteiger partial charge in [0.15, 0.2) is 5.85 Å². The second-order valence-corrected chi connectivity index (χ2v) is 9.17. The summed E-state index contributed by atoms with van der Waals surface area (Å²) in [4.78, 5) is 35.7. The van der Waals surface area contributed by atoms with Gasteiger partial charge in [-0.15, -0.1) is 0 Å². The van der Waals surface area contributed by atoms with Crippen molar-refractivity contribution in [2.45, 2.75) is 50.4 Å². The van der Waals surface area contributed by atoms with Crippen molar-refractivity contribution in [1.29, 1.82) is 0 Å². The van der Waals surface area contributed by atoms with E-state index in [1.165, 1.54) is 6.42 Å². The Morgan fingerprint density at radius 2 is 1.77 bits per heavy atom. The summed E-state index contributed by atoms with van der Waals surface area (Å²) >= 11 is 0. The van der Waals surface area contributed by atoms with Crippen molar-refractivity contribution >= 4 is 15.4 Å². The molecule has 8 nitrogen and oxygen atoms in total. The van der Waals surface area contributed by atoms with Gasteiger partial charge in [-0.25, -0.2) is 4.57 Å². The summed E-state index contributed by atoms with van der Waals surface area (Å²) in [6.07, 6.45) is 4.54. The zero-order chi connectivity index (χ0) is 16.3. The Labute approximate surface area is 137 Å². The monoisotopic (exact) mass is 381 g/mol. The molecule has 0 aliphatic carbocycles. The van der Waals surface area contributed by atoms with Crippen LogP contribution in [0.4, 0.5) is 0 Å². The highest BCUT2D eigenvalue weighted by Crippen LogP contribution is 2.52. The molecule has 1 aliphatic rings. The van der Waals surface area contributed by atoms with Crippen molar-refractivity contribution in [3.63, 3.8) is 0 Å². The van der Waals surface area contributed by atoms with Gasteiger partial charge in [0, 0.05) is 0 Å². The fourth-order valence-electron chi connectivity index (χ4n) is 2.89. The van der Waals surface area contributed by atoms with E-state index >= 15 is 0 Å². The number of rotatable bonds is 7. The zero-order valence-electron chi connectivity index (χ0n) is 12.8. The average Bonchev–Trinajstić information content (AvgIpc) is 2.26. The number of phosphoric acid groups is 1. The molecule has 1 fully saturated rings. The molecule has 1 saturated heterocycles. The highest BCUT2D eigenvalue weighted by Gasteiger charge is 2.36. The fourth-order valence-corrected chi connectivity index (χ4v) is 4.70. The molecule has 4 N–H and O–H groups in total. The van der Waals surface area contributed by atoms with Crippen LogP contribution in [0.15, 0.2) is 0 Å². The molecule has 0 spiro atoms. The Balaban J connectivity index is 0.00000441. The maximum atomic E-state index is 11.2. The van der Waals surface area contributed by atoms with Crippen LogP contribution in [0, 0.1) is 0 Å². The summed E-state index contributed by atoms with van der Waals surface area (Å²) in [5, 5.41) is 0. The molecule has 1 rings (SSSR count). The van der Waals surface area contributed by atoms with Gasteiger partial charge < -0.3 is 36.5 Å². The molecule has 0 aromatic rings.